The van der Waals surface area contributed by atoms with E-state index in [2.05, 4.69) is 53.2 Å². The van der Waals surface area contributed by atoms with Crippen LogP contribution in [-0.2, 0) is 15.9 Å². The number of rotatable bonds is 6. The molecule has 1 heterocycles. The Bertz CT molecular complexity index is 802. The van der Waals surface area contributed by atoms with Crippen LogP contribution in [0, 0.1) is 0 Å². The van der Waals surface area contributed by atoms with Gasteiger partial charge in [0.05, 0.1) is 38.0 Å². The summed E-state index contributed by atoms with van der Waals surface area (Å²) >= 11 is 0. The second-order valence-corrected chi connectivity index (χ2v) is 8.22. The Hall–Kier alpha value is -1.98. The molecule has 0 amide bonds. The molecule has 0 saturated carbocycles. The minimum absolute atomic E-state index is 0.151. The van der Waals surface area contributed by atoms with Gasteiger partial charge in [0.2, 0.25) is 0 Å². The first-order valence-electron chi connectivity index (χ1n) is 9.71. The molecule has 1 radical (unpaired) electrons. The normalized spacial score (nSPS) is 20.4. The lowest BCUT2D eigenvalue weighted by molar-refractivity contribution is -0.243. The lowest BCUT2D eigenvalue weighted by Gasteiger charge is -2.48. The molecule has 5 heteroatoms. The largest absolute Gasteiger partial charge is 0.497 e. The highest BCUT2D eigenvalue weighted by Gasteiger charge is 2.45. The highest BCUT2D eigenvalue weighted by Crippen LogP contribution is 2.34. The van der Waals surface area contributed by atoms with Gasteiger partial charge in [-0.15, -0.1) is 0 Å². The van der Waals surface area contributed by atoms with Crippen molar-refractivity contribution in [2.45, 2.75) is 51.3 Å². The molecule has 2 aromatic rings. The first kappa shape index (κ1) is 20.8. The van der Waals surface area contributed by atoms with E-state index >= 15 is 0 Å². The molecule has 3 rings (SSSR count). The zero-order chi connectivity index (χ0) is 20.4. The second kappa shape index (κ2) is 8.18. The molecule has 0 N–H and O–H groups in total. The van der Waals surface area contributed by atoms with Crippen LogP contribution in [0.25, 0.3) is 0 Å². The monoisotopic (exact) mass is 381 g/mol. The fourth-order valence-corrected chi connectivity index (χ4v) is 3.37. The summed E-state index contributed by atoms with van der Waals surface area (Å²) in [5.41, 5.74) is 2.54. The van der Waals surface area contributed by atoms with Gasteiger partial charge in [0.1, 0.15) is 11.5 Å². The van der Waals surface area contributed by atoms with E-state index in [4.69, 9.17) is 18.9 Å². The molecule has 0 spiro atoms. The summed E-state index contributed by atoms with van der Waals surface area (Å²) in [5, 5.41) is 0. The molecule has 0 aromatic heterocycles. The van der Waals surface area contributed by atoms with E-state index in [0.29, 0.717) is 6.61 Å². The summed E-state index contributed by atoms with van der Waals surface area (Å²) in [4.78, 5) is 0. The summed E-state index contributed by atoms with van der Waals surface area (Å²) in [6.07, 6.45) is 0.783. The zero-order valence-corrected chi connectivity index (χ0v) is 17.7. The van der Waals surface area contributed by atoms with Crippen LogP contribution >= 0.6 is 0 Å². The third kappa shape index (κ3) is 4.36. The fourth-order valence-electron chi connectivity index (χ4n) is 3.37. The molecular formula is C23H30BO4. The Kier molecular flexibility index (Phi) is 6.06. The Balaban J connectivity index is 1.84. The maximum atomic E-state index is 6.31. The van der Waals surface area contributed by atoms with Crippen LogP contribution in [0.15, 0.2) is 42.5 Å². The van der Waals surface area contributed by atoms with Gasteiger partial charge in [-0.05, 0) is 50.9 Å². The molecular weight excluding hydrogens is 351 g/mol. The highest BCUT2D eigenvalue weighted by atomic mass is 16.6. The predicted molar refractivity (Wildman–Crippen MR) is 113 cm³/mol. The van der Waals surface area contributed by atoms with Crippen molar-refractivity contribution in [2.75, 3.05) is 20.8 Å². The molecule has 28 heavy (non-hydrogen) atoms. The first-order chi connectivity index (χ1) is 13.3. The Morgan fingerprint density at radius 3 is 2.25 bits per heavy atom. The molecule has 0 aliphatic carbocycles. The van der Waals surface area contributed by atoms with E-state index in [-0.39, 0.29) is 11.6 Å². The molecule has 1 saturated heterocycles. The Morgan fingerprint density at radius 2 is 1.64 bits per heavy atom. The van der Waals surface area contributed by atoms with Crippen LogP contribution < -0.4 is 14.9 Å². The molecule has 2 aromatic carbocycles. The predicted octanol–water partition coefficient (Wildman–Crippen LogP) is 3.55. The number of ether oxygens (including phenoxy) is 4. The number of benzene rings is 2. The van der Waals surface area contributed by atoms with Crippen molar-refractivity contribution in [1.29, 1.82) is 0 Å². The standard InChI is InChI=1S/C23H30BO4/c1-22(2)23(3,4)28-21(15-27-22)24-18-14-19(25-5)17(13-20(18)26-6)12-16-10-8-7-9-11-16/h7-11,13-14,21H,12,15H2,1-6H3. The minimum Gasteiger partial charge on any atom is -0.497 e. The third-order valence-corrected chi connectivity index (χ3v) is 5.74. The lowest BCUT2D eigenvalue weighted by atomic mass is 9.63. The van der Waals surface area contributed by atoms with Gasteiger partial charge in [-0.25, -0.2) is 0 Å². The lowest BCUT2D eigenvalue weighted by Crippen LogP contribution is -2.59. The van der Waals surface area contributed by atoms with Crippen molar-refractivity contribution in [3.8, 4) is 11.5 Å². The van der Waals surface area contributed by atoms with Gasteiger partial charge >= 0.3 is 0 Å². The van der Waals surface area contributed by atoms with Gasteiger partial charge < -0.3 is 18.9 Å². The van der Waals surface area contributed by atoms with Crippen LogP contribution in [0.2, 0.25) is 0 Å². The summed E-state index contributed by atoms with van der Waals surface area (Å²) in [6.45, 7) is 8.76. The second-order valence-electron chi connectivity index (χ2n) is 8.22. The Labute approximate surface area is 169 Å². The summed E-state index contributed by atoms with van der Waals surface area (Å²) in [6, 6.07) is 14.3. The summed E-state index contributed by atoms with van der Waals surface area (Å²) in [5.74, 6) is 1.64. The Morgan fingerprint density at radius 1 is 0.964 bits per heavy atom. The van der Waals surface area contributed by atoms with Gasteiger partial charge in [0.15, 0.2) is 7.28 Å². The highest BCUT2D eigenvalue weighted by molar-refractivity contribution is 6.56. The van der Waals surface area contributed by atoms with Gasteiger partial charge in [0, 0.05) is 12.0 Å². The first-order valence-corrected chi connectivity index (χ1v) is 9.71. The minimum atomic E-state index is -0.392. The van der Waals surface area contributed by atoms with E-state index in [1.165, 1.54) is 5.56 Å². The van der Waals surface area contributed by atoms with E-state index in [9.17, 15) is 0 Å². The molecule has 1 unspecified atom stereocenters. The quantitative estimate of drug-likeness (QED) is 0.718. The molecule has 1 fully saturated rings. The topological polar surface area (TPSA) is 36.9 Å². The van der Waals surface area contributed by atoms with Crippen molar-refractivity contribution in [3.63, 3.8) is 0 Å². The smallest absolute Gasteiger partial charge is 0.198 e. The number of hydrogen-bond donors (Lipinski definition) is 0. The number of hydrogen-bond acceptors (Lipinski definition) is 4. The molecule has 149 valence electrons. The van der Waals surface area contributed by atoms with E-state index in [0.717, 1.165) is 28.9 Å². The maximum Gasteiger partial charge on any atom is 0.198 e. The molecule has 0 bridgehead atoms. The van der Waals surface area contributed by atoms with Crippen molar-refractivity contribution in [3.05, 3.63) is 53.6 Å². The van der Waals surface area contributed by atoms with Crippen molar-refractivity contribution in [1.82, 2.24) is 0 Å². The van der Waals surface area contributed by atoms with Crippen molar-refractivity contribution in [2.24, 2.45) is 0 Å². The van der Waals surface area contributed by atoms with Gasteiger partial charge in [-0.2, -0.15) is 0 Å². The SMILES string of the molecule is COc1cc(Cc2ccccc2)c(OC)cc1[B]C1COC(C)(C)C(C)(C)O1. The third-order valence-electron chi connectivity index (χ3n) is 5.74. The van der Waals surface area contributed by atoms with E-state index in [1.807, 2.05) is 24.3 Å². The zero-order valence-electron chi connectivity index (χ0n) is 17.7. The maximum absolute atomic E-state index is 6.31. The average molecular weight is 381 g/mol. The van der Waals surface area contributed by atoms with Gasteiger partial charge in [-0.3, -0.25) is 0 Å². The number of methoxy groups -OCH3 is 2. The van der Waals surface area contributed by atoms with Crippen LogP contribution in [0.4, 0.5) is 0 Å². The van der Waals surface area contributed by atoms with Gasteiger partial charge in [0.25, 0.3) is 0 Å². The average Bonchev–Trinajstić information content (AvgIpc) is 2.66. The van der Waals surface area contributed by atoms with Crippen molar-refractivity contribution < 1.29 is 18.9 Å². The van der Waals surface area contributed by atoms with Gasteiger partial charge in [-0.1, -0.05) is 30.3 Å². The molecule has 1 aliphatic heterocycles. The van der Waals surface area contributed by atoms with E-state index < -0.39 is 5.60 Å². The van der Waals surface area contributed by atoms with Crippen LogP contribution in [-0.4, -0.2) is 45.3 Å². The molecule has 4 nitrogen and oxygen atoms in total. The molecule has 1 aliphatic rings. The fraction of sp³-hybridized carbons (Fsp3) is 0.478. The molecule has 1 atom stereocenters. The van der Waals surface area contributed by atoms with E-state index in [1.54, 1.807) is 14.2 Å². The van der Waals surface area contributed by atoms with Crippen molar-refractivity contribution >= 4 is 12.7 Å². The summed E-state index contributed by atoms with van der Waals surface area (Å²) in [7, 11) is 5.45. The van der Waals surface area contributed by atoms with Crippen LogP contribution in [0.5, 0.6) is 11.5 Å². The summed E-state index contributed by atoms with van der Waals surface area (Å²) < 4.78 is 23.7. The van der Waals surface area contributed by atoms with Crippen LogP contribution in [0.3, 0.4) is 0 Å². The van der Waals surface area contributed by atoms with Crippen LogP contribution in [0.1, 0.15) is 38.8 Å².